The number of guanidine groups is 1. The van der Waals surface area contributed by atoms with Crippen molar-refractivity contribution in [1.29, 1.82) is 0 Å². The number of aliphatic imine (C=N–C) groups is 1. The summed E-state index contributed by atoms with van der Waals surface area (Å²) in [6, 6.07) is 7.01. The second-order valence-electron chi connectivity index (χ2n) is 7.63. The third kappa shape index (κ3) is 4.95. The maximum absolute atomic E-state index is 12.1. The zero-order valence-electron chi connectivity index (χ0n) is 16.4. The Bertz CT molecular complexity index is 758. The predicted molar refractivity (Wildman–Crippen MR) is 120 cm³/mol. The Morgan fingerprint density at radius 3 is 2.37 bits per heavy atom. The van der Waals surface area contributed by atoms with Gasteiger partial charge in [-0.05, 0) is 49.3 Å². The van der Waals surface area contributed by atoms with Gasteiger partial charge in [-0.15, -0.1) is 24.0 Å². The van der Waals surface area contributed by atoms with Gasteiger partial charge in [0.2, 0.25) is 10.0 Å². The lowest BCUT2D eigenvalue weighted by atomic mass is 9.68. The molecule has 152 valence electrons. The molecule has 0 unspecified atom stereocenters. The van der Waals surface area contributed by atoms with Crippen LogP contribution in [-0.4, -0.2) is 57.3 Å². The van der Waals surface area contributed by atoms with Crippen molar-refractivity contribution in [3.63, 3.8) is 0 Å². The van der Waals surface area contributed by atoms with Crippen molar-refractivity contribution in [2.45, 2.75) is 44.0 Å². The Morgan fingerprint density at radius 2 is 1.89 bits per heavy atom. The summed E-state index contributed by atoms with van der Waals surface area (Å²) in [4.78, 5) is 7.48. The Kier molecular flexibility index (Phi) is 7.54. The van der Waals surface area contributed by atoms with Crippen LogP contribution < -0.4 is 5.32 Å². The summed E-state index contributed by atoms with van der Waals surface area (Å²) in [6.45, 7) is 5.67. The van der Waals surface area contributed by atoms with Crippen LogP contribution in [0.15, 0.2) is 34.2 Å². The van der Waals surface area contributed by atoms with Gasteiger partial charge in [0.25, 0.3) is 0 Å². The second kappa shape index (κ2) is 9.09. The Balaban J connectivity index is 0.00000261. The van der Waals surface area contributed by atoms with Crippen LogP contribution >= 0.6 is 24.0 Å². The minimum Gasteiger partial charge on any atom is -0.357 e. The maximum Gasteiger partial charge on any atom is 0.242 e. The van der Waals surface area contributed by atoms with E-state index in [1.807, 2.05) is 12.1 Å². The van der Waals surface area contributed by atoms with Crippen LogP contribution in [-0.2, 0) is 16.6 Å². The fraction of sp³-hybridized carbons (Fsp3) is 0.632. The standard InChI is InChI=1S/C19H30N4O2S.HI/c1-4-20-18(23-13-12-19(15-23)10-5-11-19)21-14-16-6-8-17(9-7-16)26(24,25)22(2)3;/h6-9H,4-5,10-15H2,1-3H3,(H,20,21);1H. The number of hydrogen-bond acceptors (Lipinski definition) is 3. The lowest BCUT2D eigenvalue weighted by molar-refractivity contribution is 0.151. The van der Waals surface area contributed by atoms with Crippen LogP contribution in [0.2, 0.25) is 0 Å². The first-order chi connectivity index (χ1) is 12.4. The zero-order chi connectivity index (χ0) is 18.8. The van der Waals surface area contributed by atoms with Crippen LogP contribution in [0.3, 0.4) is 0 Å². The number of benzene rings is 1. The van der Waals surface area contributed by atoms with Gasteiger partial charge < -0.3 is 10.2 Å². The fourth-order valence-electron chi connectivity index (χ4n) is 3.77. The molecule has 1 spiro atoms. The molecule has 1 aliphatic heterocycles. The van der Waals surface area contributed by atoms with Crippen LogP contribution in [0.1, 0.15) is 38.2 Å². The molecule has 3 rings (SSSR count). The topological polar surface area (TPSA) is 65.0 Å². The first kappa shape index (κ1) is 22.4. The second-order valence-corrected chi connectivity index (χ2v) is 9.78. The largest absolute Gasteiger partial charge is 0.357 e. The Labute approximate surface area is 180 Å². The lowest BCUT2D eigenvalue weighted by Gasteiger charge is -2.38. The first-order valence-electron chi connectivity index (χ1n) is 9.41. The maximum atomic E-state index is 12.1. The zero-order valence-corrected chi connectivity index (χ0v) is 19.6. The average Bonchev–Trinajstić information content (AvgIpc) is 3.05. The molecule has 0 aromatic heterocycles. The number of halogens is 1. The molecular weight excluding hydrogens is 475 g/mol. The molecule has 1 aliphatic carbocycles. The Morgan fingerprint density at radius 1 is 1.22 bits per heavy atom. The molecular formula is C19H31IN4O2S. The van der Waals surface area contributed by atoms with Crippen molar-refractivity contribution in [3.05, 3.63) is 29.8 Å². The summed E-state index contributed by atoms with van der Waals surface area (Å²) < 4.78 is 25.5. The van der Waals surface area contributed by atoms with E-state index in [0.29, 0.717) is 16.9 Å². The van der Waals surface area contributed by atoms with Crippen molar-refractivity contribution in [2.75, 3.05) is 33.7 Å². The summed E-state index contributed by atoms with van der Waals surface area (Å²) >= 11 is 0. The third-order valence-electron chi connectivity index (χ3n) is 5.60. The van der Waals surface area contributed by atoms with E-state index in [1.54, 1.807) is 26.2 Å². The predicted octanol–water partition coefficient (Wildman–Crippen LogP) is 2.90. The van der Waals surface area contributed by atoms with E-state index in [4.69, 9.17) is 4.99 Å². The molecule has 1 N–H and O–H groups in total. The van der Waals surface area contributed by atoms with E-state index in [2.05, 4.69) is 17.1 Å². The van der Waals surface area contributed by atoms with Gasteiger partial charge in [-0.1, -0.05) is 18.6 Å². The highest BCUT2D eigenvalue weighted by Crippen LogP contribution is 2.47. The number of rotatable bonds is 5. The molecule has 1 aromatic rings. The molecule has 0 bridgehead atoms. The number of hydrogen-bond donors (Lipinski definition) is 1. The van der Waals surface area contributed by atoms with Crippen LogP contribution in [0, 0.1) is 5.41 Å². The minimum absolute atomic E-state index is 0. The quantitative estimate of drug-likeness (QED) is 0.379. The molecule has 0 radical (unpaired) electrons. The number of sulfonamides is 1. The van der Waals surface area contributed by atoms with Gasteiger partial charge in [-0.3, -0.25) is 0 Å². The average molecular weight is 506 g/mol. The summed E-state index contributed by atoms with van der Waals surface area (Å²) in [7, 11) is -0.294. The summed E-state index contributed by atoms with van der Waals surface area (Å²) in [5, 5.41) is 3.40. The van der Waals surface area contributed by atoms with Crippen LogP contribution in [0.25, 0.3) is 0 Å². The SMILES string of the molecule is CCNC(=NCc1ccc(S(=O)(=O)N(C)C)cc1)N1CCC2(CCC2)C1.I. The first-order valence-corrected chi connectivity index (χ1v) is 10.9. The molecule has 0 atom stereocenters. The van der Waals surface area contributed by atoms with Gasteiger partial charge in [0.1, 0.15) is 0 Å². The van der Waals surface area contributed by atoms with Crippen molar-refractivity contribution < 1.29 is 8.42 Å². The van der Waals surface area contributed by atoms with E-state index >= 15 is 0 Å². The van der Waals surface area contributed by atoms with Gasteiger partial charge in [0, 0.05) is 33.7 Å². The van der Waals surface area contributed by atoms with Gasteiger partial charge in [0.15, 0.2) is 5.96 Å². The highest BCUT2D eigenvalue weighted by atomic mass is 127. The molecule has 1 saturated heterocycles. The smallest absolute Gasteiger partial charge is 0.242 e. The molecule has 2 aliphatic rings. The normalized spacial score (nSPS) is 19.1. The van der Waals surface area contributed by atoms with Gasteiger partial charge in [0.05, 0.1) is 11.4 Å². The minimum atomic E-state index is -3.38. The molecule has 1 heterocycles. The fourth-order valence-corrected chi connectivity index (χ4v) is 4.67. The molecule has 2 fully saturated rings. The summed E-state index contributed by atoms with van der Waals surface area (Å²) in [6.07, 6.45) is 5.34. The van der Waals surface area contributed by atoms with E-state index in [9.17, 15) is 8.42 Å². The number of nitrogens with zero attached hydrogens (tertiary/aromatic N) is 3. The molecule has 0 amide bonds. The van der Waals surface area contributed by atoms with E-state index in [0.717, 1.165) is 31.2 Å². The van der Waals surface area contributed by atoms with Crippen LogP contribution in [0.4, 0.5) is 0 Å². The van der Waals surface area contributed by atoms with E-state index in [-0.39, 0.29) is 24.0 Å². The van der Waals surface area contributed by atoms with Crippen molar-refractivity contribution >= 4 is 40.0 Å². The van der Waals surface area contributed by atoms with Crippen molar-refractivity contribution in [3.8, 4) is 0 Å². The van der Waals surface area contributed by atoms with Crippen LogP contribution in [0.5, 0.6) is 0 Å². The molecule has 1 aromatic carbocycles. The van der Waals surface area contributed by atoms with E-state index in [1.165, 1.54) is 30.0 Å². The highest BCUT2D eigenvalue weighted by molar-refractivity contribution is 14.0. The van der Waals surface area contributed by atoms with Crippen molar-refractivity contribution in [2.24, 2.45) is 10.4 Å². The molecule has 1 saturated carbocycles. The number of likely N-dealkylation sites (tertiary alicyclic amines) is 1. The van der Waals surface area contributed by atoms with Gasteiger partial charge >= 0.3 is 0 Å². The molecule has 8 heteroatoms. The number of nitrogens with one attached hydrogen (secondary N) is 1. The monoisotopic (exact) mass is 506 g/mol. The van der Waals surface area contributed by atoms with Crippen molar-refractivity contribution in [1.82, 2.24) is 14.5 Å². The van der Waals surface area contributed by atoms with Gasteiger partial charge in [-0.2, -0.15) is 0 Å². The van der Waals surface area contributed by atoms with Gasteiger partial charge in [-0.25, -0.2) is 17.7 Å². The summed E-state index contributed by atoms with van der Waals surface area (Å²) in [5.74, 6) is 0.973. The van der Waals surface area contributed by atoms with E-state index < -0.39 is 10.0 Å². The Hall–Kier alpha value is -0.870. The molecule has 27 heavy (non-hydrogen) atoms. The highest BCUT2D eigenvalue weighted by Gasteiger charge is 2.43. The third-order valence-corrected chi connectivity index (χ3v) is 7.43. The lowest BCUT2D eigenvalue weighted by Crippen LogP contribution is -2.42. The summed E-state index contributed by atoms with van der Waals surface area (Å²) in [5.41, 5.74) is 1.55. The molecule has 6 nitrogen and oxygen atoms in total.